The summed E-state index contributed by atoms with van der Waals surface area (Å²) in [5, 5.41) is 9.03. The molecule has 0 aliphatic carbocycles. The van der Waals surface area contributed by atoms with Gasteiger partial charge >= 0.3 is 5.97 Å². The minimum atomic E-state index is -3.71. The molecule has 1 fully saturated rings. The van der Waals surface area contributed by atoms with Crippen molar-refractivity contribution in [2.24, 2.45) is 7.05 Å². The van der Waals surface area contributed by atoms with Gasteiger partial charge in [-0.25, -0.2) is 13.2 Å². The van der Waals surface area contributed by atoms with Crippen LogP contribution in [0.4, 0.5) is 0 Å². The first kappa shape index (κ1) is 16.0. The summed E-state index contributed by atoms with van der Waals surface area (Å²) in [6.45, 7) is 2.56. The highest BCUT2D eigenvalue weighted by atomic mass is 32.2. The highest BCUT2D eigenvalue weighted by Crippen LogP contribution is 2.28. The fraction of sp³-hybridized carbons (Fsp3) is 0.615. The van der Waals surface area contributed by atoms with E-state index in [-0.39, 0.29) is 17.1 Å². The Morgan fingerprint density at radius 2 is 2.14 bits per heavy atom. The van der Waals surface area contributed by atoms with Gasteiger partial charge < -0.3 is 14.4 Å². The third kappa shape index (κ3) is 2.97. The Bertz CT molecular complexity index is 652. The third-order valence-corrected chi connectivity index (χ3v) is 5.76. The Morgan fingerprint density at radius 3 is 2.67 bits per heavy atom. The van der Waals surface area contributed by atoms with Crippen LogP contribution in [0.1, 0.15) is 30.3 Å². The molecule has 118 valence electrons. The molecule has 1 atom stereocenters. The van der Waals surface area contributed by atoms with Crippen molar-refractivity contribution >= 4 is 16.0 Å². The summed E-state index contributed by atoms with van der Waals surface area (Å²) in [5.74, 6) is -1.15. The zero-order valence-electron chi connectivity index (χ0n) is 12.4. The number of rotatable bonds is 4. The SMILES string of the molecule is COC1(C)CCCN(S(=O)(=O)c2cc(C(=O)O)n(C)c2)C1. The molecule has 1 aliphatic heterocycles. The molecule has 1 N–H and O–H groups in total. The van der Waals surface area contributed by atoms with E-state index < -0.39 is 21.6 Å². The van der Waals surface area contributed by atoms with Crippen LogP contribution in [-0.4, -0.2) is 54.2 Å². The van der Waals surface area contributed by atoms with Crippen molar-refractivity contribution in [1.82, 2.24) is 8.87 Å². The molecule has 0 bridgehead atoms. The van der Waals surface area contributed by atoms with E-state index in [1.54, 1.807) is 7.11 Å². The van der Waals surface area contributed by atoms with Crippen molar-refractivity contribution in [3.63, 3.8) is 0 Å². The highest BCUT2D eigenvalue weighted by molar-refractivity contribution is 7.89. The molecule has 7 nitrogen and oxygen atoms in total. The van der Waals surface area contributed by atoms with Gasteiger partial charge in [0.15, 0.2) is 0 Å². The summed E-state index contributed by atoms with van der Waals surface area (Å²) in [6, 6.07) is 1.19. The maximum atomic E-state index is 12.6. The van der Waals surface area contributed by atoms with Crippen LogP contribution in [0.5, 0.6) is 0 Å². The van der Waals surface area contributed by atoms with Crippen molar-refractivity contribution < 1.29 is 23.1 Å². The Kier molecular flexibility index (Phi) is 4.14. The van der Waals surface area contributed by atoms with E-state index in [1.165, 1.54) is 28.2 Å². The number of aromatic nitrogens is 1. The van der Waals surface area contributed by atoms with Crippen LogP contribution >= 0.6 is 0 Å². The van der Waals surface area contributed by atoms with Gasteiger partial charge in [-0.05, 0) is 25.8 Å². The van der Waals surface area contributed by atoms with Crippen molar-refractivity contribution in [2.75, 3.05) is 20.2 Å². The van der Waals surface area contributed by atoms with Crippen LogP contribution in [0.3, 0.4) is 0 Å². The molecule has 1 aromatic heterocycles. The minimum absolute atomic E-state index is 0.00255. The molecule has 1 aliphatic rings. The molecule has 8 heteroatoms. The first-order valence-corrected chi connectivity index (χ1v) is 8.08. The number of hydrogen-bond donors (Lipinski definition) is 1. The van der Waals surface area contributed by atoms with Gasteiger partial charge in [0.25, 0.3) is 0 Å². The lowest BCUT2D eigenvalue weighted by Crippen LogP contribution is -2.49. The lowest BCUT2D eigenvalue weighted by Gasteiger charge is -2.38. The molecule has 1 aromatic rings. The van der Waals surface area contributed by atoms with Crippen LogP contribution in [0.25, 0.3) is 0 Å². The van der Waals surface area contributed by atoms with Crippen LogP contribution in [0, 0.1) is 0 Å². The molecule has 0 spiro atoms. The number of carbonyl (C=O) groups is 1. The number of ether oxygens (including phenoxy) is 1. The molecule has 0 amide bonds. The number of sulfonamides is 1. The number of piperidine rings is 1. The first-order valence-electron chi connectivity index (χ1n) is 6.64. The van der Waals surface area contributed by atoms with Crippen LogP contribution in [0.15, 0.2) is 17.2 Å². The van der Waals surface area contributed by atoms with Gasteiger partial charge in [0.1, 0.15) is 10.6 Å². The van der Waals surface area contributed by atoms with E-state index >= 15 is 0 Å². The number of carboxylic acids is 1. The molecule has 21 heavy (non-hydrogen) atoms. The van der Waals surface area contributed by atoms with Crippen molar-refractivity contribution in [3.8, 4) is 0 Å². The molecule has 0 aromatic carbocycles. The van der Waals surface area contributed by atoms with Gasteiger partial charge in [0, 0.05) is 33.4 Å². The number of nitrogens with zero attached hydrogens (tertiary/aromatic N) is 2. The second kappa shape index (κ2) is 5.43. The fourth-order valence-corrected chi connectivity index (χ4v) is 4.23. The number of aromatic carboxylic acids is 1. The van der Waals surface area contributed by atoms with Crippen molar-refractivity contribution in [1.29, 1.82) is 0 Å². The van der Waals surface area contributed by atoms with Gasteiger partial charge in [-0.1, -0.05) is 0 Å². The third-order valence-electron chi connectivity index (χ3n) is 3.95. The highest BCUT2D eigenvalue weighted by Gasteiger charge is 2.37. The molecule has 0 radical (unpaired) electrons. The standard InChI is InChI=1S/C13H20N2O5S/c1-13(20-3)5-4-6-15(9-13)21(18,19)10-7-11(12(16)17)14(2)8-10/h7-8H,4-6,9H2,1-3H3,(H,16,17). The average molecular weight is 316 g/mol. The van der Waals surface area contributed by atoms with Crippen LogP contribution in [0.2, 0.25) is 0 Å². The summed E-state index contributed by atoms with van der Waals surface area (Å²) in [6.07, 6.45) is 2.84. The Labute approximate surface area is 124 Å². The Balaban J connectivity index is 2.34. The van der Waals surface area contributed by atoms with Crippen molar-refractivity contribution in [3.05, 3.63) is 18.0 Å². The summed E-state index contributed by atoms with van der Waals surface area (Å²) >= 11 is 0. The predicted octanol–water partition coefficient (Wildman–Crippen LogP) is 0.913. The second-order valence-corrected chi connectivity index (χ2v) is 7.51. The average Bonchev–Trinajstić information content (AvgIpc) is 2.82. The first-order chi connectivity index (χ1) is 9.69. The van der Waals surface area contributed by atoms with Gasteiger partial charge in [0.2, 0.25) is 10.0 Å². The van der Waals surface area contributed by atoms with Gasteiger partial charge in [-0.3, -0.25) is 0 Å². The maximum Gasteiger partial charge on any atom is 0.352 e. The molecule has 1 unspecified atom stereocenters. The molecular formula is C13H20N2O5S. The Hall–Kier alpha value is -1.38. The van der Waals surface area contributed by atoms with E-state index in [0.29, 0.717) is 13.0 Å². The molecule has 2 rings (SSSR count). The summed E-state index contributed by atoms with van der Waals surface area (Å²) in [5.41, 5.74) is -0.560. The molecule has 0 saturated carbocycles. The van der Waals surface area contributed by atoms with Gasteiger partial charge in [-0.15, -0.1) is 0 Å². The normalized spacial score (nSPS) is 24.1. The van der Waals surface area contributed by atoms with E-state index in [2.05, 4.69) is 0 Å². The predicted molar refractivity (Wildman–Crippen MR) is 75.8 cm³/mol. The van der Waals surface area contributed by atoms with E-state index in [1.807, 2.05) is 6.92 Å². The zero-order chi connectivity index (χ0) is 15.8. The number of carboxylic acid groups (broad SMARTS) is 1. The van der Waals surface area contributed by atoms with Crippen molar-refractivity contribution in [2.45, 2.75) is 30.3 Å². The van der Waals surface area contributed by atoms with Crippen LogP contribution < -0.4 is 0 Å². The summed E-state index contributed by atoms with van der Waals surface area (Å²) in [4.78, 5) is 11.0. The van der Waals surface area contributed by atoms with E-state index in [4.69, 9.17) is 9.84 Å². The smallest absolute Gasteiger partial charge is 0.352 e. The lowest BCUT2D eigenvalue weighted by atomic mass is 9.96. The maximum absolute atomic E-state index is 12.6. The molecule has 1 saturated heterocycles. The van der Waals surface area contributed by atoms with Crippen LogP contribution in [-0.2, 0) is 21.8 Å². The second-order valence-electron chi connectivity index (χ2n) is 5.57. The Morgan fingerprint density at radius 1 is 1.48 bits per heavy atom. The summed E-state index contributed by atoms with van der Waals surface area (Å²) in [7, 11) is -0.627. The molecular weight excluding hydrogens is 296 g/mol. The van der Waals surface area contributed by atoms with E-state index in [0.717, 1.165) is 6.42 Å². The zero-order valence-corrected chi connectivity index (χ0v) is 13.2. The topological polar surface area (TPSA) is 88.8 Å². The monoisotopic (exact) mass is 316 g/mol. The molecule has 2 heterocycles. The number of hydrogen-bond acceptors (Lipinski definition) is 4. The number of methoxy groups -OCH3 is 1. The fourth-order valence-electron chi connectivity index (χ4n) is 2.57. The minimum Gasteiger partial charge on any atom is -0.477 e. The largest absolute Gasteiger partial charge is 0.477 e. The van der Waals surface area contributed by atoms with Gasteiger partial charge in [-0.2, -0.15) is 4.31 Å². The lowest BCUT2D eigenvalue weighted by molar-refractivity contribution is -0.0319. The van der Waals surface area contributed by atoms with Gasteiger partial charge in [0.05, 0.1) is 5.60 Å². The summed E-state index contributed by atoms with van der Waals surface area (Å²) < 4.78 is 33.4. The van der Waals surface area contributed by atoms with E-state index in [9.17, 15) is 13.2 Å². The number of aryl methyl sites for hydroxylation is 1. The quantitative estimate of drug-likeness (QED) is 0.892.